The minimum Gasteiger partial charge on any atom is -0.497 e. The molecule has 25 heavy (non-hydrogen) atoms. The van der Waals surface area contributed by atoms with Crippen molar-refractivity contribution in [1.29, 1.82) is 0 Å². The zero-order valence-corrected chi connectivity index (χ0v) is 14.6. The van der Waals surface area contributed by atoms with Gasteiger partial charge in [-0.25, -0.2) is 9.18 Å². The van der Waals surface area contributed by atoms with E-state index in [0.717, 1.165) is 11.3 Å². The highest BCUT2D eigenvalue weighted by Gasteiger charge is 2.12. The van der Waals surface area contributed by atoms with Crippen LogP contribution in [0, 0.1) is 5.82 Å². The molecular weight excluding hydrogens is 323 g/mol. The Balaban J connectivity index is 1.95. The van der Waals surface area contributed by atoms with Gasteiger partial charge < -0.3 is 20.1 Å². The van der Waals surface area contributed by atoms with Crippen molar-refractivity contribution >= 4 is 11.7 Å². The molecule has 2 N–H and O–H groups in total. The molecule has 0 spiro atoms. The lowest BCUT2D eigenvalue weighted by Gasteiger charge is -2.16. The average Bonchev–Trinajstić information content (AvgIpc) is 2.57. The second-order valence-corrected chi connectivity index (χ2v) is 5.63. The van der Waals surface area contributed by atoms with E-state index in [1.54, 1.807) is 14.0 Å². The highest BCUT2D eigenvalue weighted by Crippen LogP contribution is 2.25. The smallest absolute Gasteiger partial charge is 0.319 e. The van der Waals surface area contributed by atoms with Gasteiger partial charge in [0.25, 0.3) is 0 Å². The SMILES string of the molecule is CCOc1cc(F)ccc1NC(=O)NC(C)Cc1cccc(OC)c1. The number of rotatable bonds is 7. The third-order valence-corrected chi connectivity index (χ3v) is 3.55. The monoisotopic (exact) mass is 346 g/mol. The Morgan fingerprint density at radius 2 is 2.04 bits per heavy atom. The largest absolute Gasteiger partial charge is 0.497 e. The van der Waals surface area contributed by atoms with Crippen molar-refractivity contribution in [2.45, 2.75) is 26.3 Å². The number of hydrogen-bond donors (Lipinski definition) is 2. The molecule has 1 atom stereocenters. The fourth-order valence-corrected chi connectivity index (χ4v) is 2.46. The van der Waals surface area contributed by atoms with Gasteiger partial charge in [-0.15, -0.1) is 0 Å². The summed E-state index contributed by atoms with van der Waals surface area (Å²) in [6.45, 7) is 4.09. The number of nitrogens with one attached hydrogen (secondary N) is 2. The number of anilines is 1. The number of amides is 2. The molecule has 5 nitrogen and oxygen atoms in total. The van der Waals surface area contributed by atoms with Gasteiger partial charge in [-0.1, -0.05) is 12.1 Å². The normalized spacial score (nSPS) is 11.5. The summed E-state index contributed by atoms with van der Waals surface area (Å²) in [5.41, 5.74) is 1.48. The van der Waals surface area contributed by atoms with E-state index in [0.29, 0.717) is 24.5 Å². The maximum Gasteiger partial charge on any atom is 0.319 e. The standard InChI is InChI=1S/C19H23FN2O3/c1-4-25-18-12-15(20)8-9-17(18)22-19(23)21-13(2)10-14-6-5-7-16(11-14)24-3/h5-9,11-13H,4,10H2,1-3H3,(H2,21,22,23). The lowest BCUT2D eigenvalue weighted by molar-refractivity contribution is 0.249. The van der Waals surface area contributed by atoms with Crippen LogP contribution in [0.4, 0.5) is 14.9 Å². The Labute approximate surface area is 147 Å². The number of carbonyl (C=O) groups is 1. The molecular formula is C19H23FN2O3. The Kier molecular flexibility index (Phi) is 6.62. The van der Waals surface area contributed by atoms with E-state index in [1.807, 2.05) is 31.2 Å². The van der Waals surface area contributed by atoms with Gasteiger partial charge >= 0.3 is 6.03 Å². The minimum absolute atomic E-state index is 0.0944. The number of hydrogen-bond acceptors (Lipinski definition) is 3. The molecule has 0 bridgehead atoms. The summed E-state index contributed by atoms with van der Waals surface area (Å²) in [7, 11) is 1.62. The first kappa shape index (κ1) is 18.6. The van der Waals surface area contributed by atoms with Crippen LogP contribution >= 0.6 is 0 Å². The molecule has 2 amide bonds. The molecule has 2 aromatic rings. The Hall–Kier alpha value is -2.76. The molecule has 0 saturated carbocycles. The van der Waals surface area contributed by atoms with Gasteiger partial charge in [-0.3, -0.25) is 0 Å². The van der Waals surface area contributed by atoms with Crippen molar-refractivity contribution in [3.8, 4) is 11.5 Å². The highest BCUT2D eigenvalue weighted by molar-refractivity contribution is 5.91. The average molecular weight is 346 g/mol. The summed E-state index contributed by atoms with van der Waals surface area (Å²) >= 11 is 0. The van der Waals surface area contributed by atoms with Crippen LogP contribution in [0.2, 0.25) is 0 Å². The van der Waals surface area contributed by atoms with Crippen molar-refractivity contribution in [2.75, 3.05) is 19.0 Å². The van der Waals surface area contributed by atoms with Crippen molar-refractivity contribution in [1.82, 2.24) is 5.32 Å². The van der Waals surface area contributed by atoms with Crippen LogP contribution in [-0.4, -0.2) is 25.8 Å². The summed E-state index contributed by atoms with van der Waals surface area (Å²) in [5.74, 6) is 0.667. The van der Waals surface area contributed by atoms with Gasteiger partial charge in [0.1, 0.15) is 17.3 Å². The van der Waals surface area contributed by atoms with Crippen molar-refractivity contribution in [3.05, 3.63) is 53.8 Å². The van der Waals surface area contributed by atoms with Crippen LogP contribution in [0.15, 0.2) is 42.5 Å². The van der Waals surface area contributed by atoms with Gasteiger partial charge in [0.15, 0.2) is 0 Å². The number of urea groups is 1. The van der Waals surface area contributed by atoms with Crippen LogP contribution in [-0.2, 0) is 6.42 Å². The molecule has 2 aromatic carbocycles. The fourth-order valence-electron chi connectivity index (χ4n) is 2.46. The maximum absolute atomic E-state index is 13.3. The molecule has 0 aliphatic carbocycles. The molecule has 134 valence electrons. The first-order valence-corrected chi connectivity index (χ1v) is 8.14. The summed E-state index contributed by atoms with van der Waals surface area (Å²) in [5, 5.41) is 5.55. The summed E-state index contributed by atoms with van der Waals surface area (Å²) in [6.07, 6.45) is 0.659. The second kappa shape index (κ2) is 8.92. The van der Waals surface area contributed by atoms with E-state index in [9.17, 15) is 9.18 Å². The van der Waals surface area contributed by atoms with Gasteiger partial charge in [-0.2, -0.15) is 0 Å². The van der Waals surface area contributed by atoms with E-state index >= 15 is 0 Å². The van der Waals surface area contributed by atoms with Crippen LogP contribution in [0.5, 0.6) is 11.5 Å². The highest BCUT2D eigenvalue weighted by atomic mass is 19.1. The first-order valence-electron chi connectivity index (χ1n) is 8.14. The zero-order valence-electron chi connectivity index (χ0n) is 14.6. The van der Waals surface area contributed by atoms with E-state index in [4.69, 9.17) is 9.47 Å². The zero-order chi connectivity index (χ0) is 18.2. The van der Waals surface area contributed by atoms with E-state index in [2.05, 4.69) is 10.6 Å². The number of methoxy groups -OCH3 is 1. The van der Waals surface area contributed by atoms with E-state index < -0.39 is 5.82 Å². The van der Waals surface area contributed by atoms with Crippen molar-refractivity contribution in [3.63, 3.8) is 0 Å². The summed E-state index contributed by atoms with van der Waals surface area (Å²) < 4.78 is 23.9. The van der Waals surface area contributed by atoms with Gasteiger partial charge in [0.05, 0.1) is 19.4 Å². The van der Waals surface area contributed by atoms with E-state index in [-0.39, 0.29) is 12.1 Å². The predicted molar refractivity (Wildman–Crippen MR) is 95.9 cm³/mol. The Bertz CT molecular complexity index is 722. The minimum atomic E-state index is -0.416. The number of halogens is 1. The number of carbonyl (C=O) groups excluding carboxylic acids is 1. The lowest BCUT2D eigenvalue weighted by Crippen LogP contribution is -2.37. The quantitative estimate of drug-likeness (QED) is 0.797. The van der Waals surface area contributed by atoms with E-state index in [1.165, 1.54) is 18.2 Å². The van der Waals surface area contributed by atoms with Crippen LogP contribution in [0.1, 0.15) is 19.4 Å². The van der Waals surface area contributed by atoms with Crippen molar-refractivity contribution in [2.24, 2.45) is 0 Å². The lowest BCUT2D eigenvalue weighted by atomic mass is 10.1. The third kappa shape index (κ3) is 5.67. The number of ether oxygens (including phenoxy) is 2. The fraction of sp³-hybridized carbons (Fsp3) is 0.316. The van der Waals surface area contributed by atoms with Crippen LogP contribution < -0.4 is 20.1 Å². The molecule has 1 unspecified atom stereocenters. The maximum atomic E-state index is 13.3. The van der Waals surface area contributed by atoms with Crippen LogP contribution in [0.25, 0.3) is 0 Å². The Morgan fingerprint density at radius 3 is 2.76 bits per heavy atom. The first-order chi connectivity index (χ1) is 12.0. The molecule has 6 heteroatoms. The second-order valence-electron chi connectivity index (χ2n) is 5.63. The van der Waals surface area contributed by atoms with Gasteiger partial charge in [-0.05, 0) is 50.1 Å². The van der Waals surface area contributed by atoms with Gasteiger partial charge in [0.2, 0.25) is 0 Å². The molecule has 0 saturated heterocycles. The topological polar surface area (TPSA) is 59.6 Å². The molecule has 0 aromatic heterocycles. The summed E-state index contributed by atoms with van der Waals surface area (Å²) in [6, 6.07) is 11.2. The molecule has 0 heterocycles. The van der Waals surface area contributed by atoms with Crippen molar-refractivity contribution < 1.29 is 18.7 Å². The Morgan fingerprint density at radius 1 is 1.24 bits per heavy atom. The van der Waals surface area contributed by atoms with Gasteiger partial charge in [0, 0.05) is 12.1 Å². The molecule has 0 fully saturated rings. The third-order valence-electron chi connectivity index (χ3n) is 3.55. The summed E-state index contributed by atoms with van der Waals surface area (Å²) in [4.78, 5) is 12.2. The number of benzene rings is 2. The molecule has 0 aliphatic heterocycles. The molecule has 0 radical (unpaired) electrons. The molecule has 0 aliphatic rings. The van der Waals surface area contributed by atoms with Crippen LogP contribution in [0.3, 0.4) is 0 Å². The predicted octanol–water partition coefficient (Wildman–Crippen LogP) is 3.99. The molecule has 2 rings (SSSR count).